The van der Waals surface area contributed by atoms with Gasteiger partial charge < -0.3 is 15.4 Å². The molecule has 0 radical (unpaired) electrons. The fraction of sp³-hybridized carbons (Fsp3) is 0.300. The monoisotopic (exact) mass is 228 g/mol. The lowest BCUT2D eigenvalue weighted by Gasteiger charge is -2.18. The zero-order valence-corrected chi connectivity index (χ0v) is 9.63. The van der Waals surface area contributed by atoms with E-state index >= 15 is 0 Å². The molecule has 1 rings (SSSR count). The number of methoxy groups -OCH3 is 1. The standard InChI is InChI=1S/C10H13ClN2O2/c1-13(2)9-7(10(14)15-3)4-6(12)5-8(9)11/h4-5H,12H2,1-3H3. The fourth-order valence-corrected chi connectivity index (χ4v) is 1.74. The van der Waals surface area contributed by atoms with Gasteiger partial charge in [-0.2, -0.15) is 0 Å². The zero-order chi connectivity index (χ0) is 11.6. The van der Waals surface area contributed by atoms with Crippen molar-refractivity contribution >= 4 is 28.9 Å². The lowest BCUT2D eigenvalue weighted by Crippen LogP contribution is -2.15. The maximum Gasteiger partial charge on any atom is 0.340 e. The van der Waals surface area contributed by atoms with Crippen LogP contribution in [0.1, 0.15) is 10.4 Å². The van der Waals surface area contributed by atoms with Gasteiger partial charge in [-0.05, 0) is 12.1 Å². The number of anilines is 2. The van der Waals surface area contributed by atoms with Gasteiger partial charge in [0.1, 0.15) is 0 Å². The molecule has 5 heteroatoms. The molecule has 0 bridgehead atoms. The molecule has 0 saturated carbocycles. The second-order valence-corrected chi connectivity index (χ2v) is 3.69. The molecule has 0 spiro atoms. The van der Waals surface area contributed by atoms with Crippen molar-refractivity contribution in [2.45, 2.75) is 0 Å². The molecular formula is C10H13ClN2O2. The van der Waals surface area contributed by atoms with Crippen LogP contribution in [0.15, 0.2) is 12.1 Å². The van der Waals surface area contributed by atoms with Crippen molar-refractivity contribution in [1.29, 1.82) is 0 Å². The average Bonchev–Trinajstić information content (AvgIpc) is 2.14. The van der Waals surface area contributed by atoms with Gasteiger partial charge in [-0.25, -0.2) is 4.79 Å². The van der Waals surface area contributed by atoms with E-state index in [1.165, 1.54) is 7.11 Å². The summed E-state index contributed by atoms with van der Waals surface area (Å²) in [5.41, 5.74) is 7.02. The van der Waals surface area contributed by atoms with Crippen molar-refractivity contribution in [3.05, 3.63) is 22.7 Å². The number of ether oxygens (including phenoxy) is 1. The maximum atomic E-state index is 11.5. The molecule has 0 saturated heterocycles. The third-order valence-electron chi connectivity index (χ3n) is 1.94. The van der Waals surface area contributed by atoms with Crippen LogP contribution in [0.2, 0.25) is 5.02 Å². The van der Waals surface area contributed by atoms with Gasteiger partial charge in [0.25, 0.3) is 0 Å². The van der Waals surface area contributed by atoms with Gasteiger partial charge in [-0.15, -0.1) is 0 Å². The first kappa shape index (κ1) is 11.7. The van der Waals surface area contributed by atoms with E-state index in [4.69, 9.17) is 17.3 Å². The van der Waals surface area contributed by atoms with E-state index in [1.54, 1.807) is 31.1 Å². The second-order valence-electron chi connectivity index (χ2n) is 3.28. The number of benzene rings is 1. The van der Waals surface area contributed by atoms with E-state index in [0.717, 1.165) is 0 Å². The number of hydrogen-bond donors (Lipinski definition) is 1. The zero-order valence-electron chi connectivity index (χ0n) is 8.87. The molecule has 82 valence electrons. The van der Waals surface area contributed by atoms with E-state index in [9.17, 15) is 4.79 Å². The molecule has 0 aliphatic rings. The topological polar surface area (TPSA) is 55.6 Å². The largest absolute Gasteiger partial charge is 0.465 e. The Labute approximate surface area is 93.6 Å². The number of nitrogens with zero attached hydrogens (tertiary/aromatic N) is 1. The first-order valence-corrected chi connectivity index (χ1v) is 4.69. The molecule has 4 nitrogen and oxygen atoms in total. The van der Waals surface area contributed by atoms with Crippen LogP contribution in [-0.2, 0) is 4.74 Å². The highest BCUT2D eigenvalue weighted by Gasteiger charge is 2.17. The molecular weight excluding hydrogens is 216 g/mol. The number of carbonyl (C=O) groups excluding carboxylic acids is 1. The molecule has 0 heterocycles. The van der Waals surface area contributed by atoms with E-state index in [-0.39, 0.29) is 0 Å². The predicted molar refractivity (Wildman–Crippen MR) is 61.5 cm³/mol. The van der Waals surface area contributed by atoms with Crippen LogP contribution in [0.5, 0.6) is 0 Å². The molecule has 0 fully saturated rings. The van der Waals surface area contributed by atoms with Crippen LogP contribution in [0.4, 0.5) is 11.4 Å². The van der Waals surface area contributed by atoms with Crippen molar-refractivity contribution in [3.63, 3.8) is 0 Å². The Morgan fingerprint density at radius 3 is 2.53 bits per heavy atom. The first-order valence-electron chi connectivity index (χ1n) is 4.32. The Morgan fingerprint density at radius 2 is 2.07 bits per heavy atom. The Hall–Kier alpha value is -1.42. The molecule has 1 aromatic carbocycles. The molecule has 0 amide bonds. The summed E-state index contributed by atoms with van der Waals surface area (Å²) in [5, 5.41) is 0.431. The number of esters is 1. The van der Waals surface area contributed by atoms with Gasteiger partial charge in [0.15, 0.2) is 0 Å². The van der Waals surface area contributed by atoms with Gasteiger partial charge in [0.2, 0.25) is 0 Å². The highest BCUT2D eigenvalue weighted by Crippen LogP contribution is 2.31. The Kier molecular flexibility index (Phi) is 3.42. The molecule has 15 heavy (non-hydrogen) atoms. The first-order chi connectivity index (χ1) is 6.97. The molecule has 0 aliphatic carbocycles. The van der Waals surface area contributed by atoms with Crippen LogP contribution in [0.25, 0.3) is 0 Å². The smallest absolute Gasteiger partial charge is 0.340 e. The molecule has 2 N–H and O–H groups in total. The molecule has 0 aliphatic heterocycles. The summed E-state index contributed by atoms with van der Waals surface area (Å²) < 4.78 is 4.66. The maximum absolute atomic E-state index is 11.5. The Bertz CT molecular complexity index is 391. The van der Waals surface area contributed by atoms with Crippen LogP contribution in [-0.4, -0.2) is 27.2 Å². The fourth-order valence-electron chi connectivity index (χ4n) is 1.34. The van der Waals surface area contributed by atoms with Crippen LogP contribution < -0.4 is 10.6 Å². The van der Waals surface area contributed by atoms with Gasteiger partial charge in [-0.1, -0.05) is 11.6 Å². The summed E-state index contributed by atoms with van der Waals surface area (Å²) in [6.45, 7) is 0. The highest BCUT2D eigenvalue weighted by atomic mass is 35.5. The number of hydrogen-bond acceptors (Lipinski definition) is 4. The highest BCUT2D eigenvalue weighted by molar-refractivity contribution is 6.34. The molecule has 0 unspecified atom stereocenters. The Balaban J connectivity index is 3.40. The van der Waals surface area contributed by atoms with Crippen molar-refractivity contribution in [2.75, 3.05) is 31.8 Å². The second kappa shape index (κ2) is 4.40. The number of rotatable bonds is 2. The van der Waals surface area contributed by atoms with E-state index in [0.29, 0.717) is 22.0 Å². The van der Waals surface area contributed by atoms with Crippen molar-refractivity contribution in [2.24, 2.45) is 0 Å². The SMILES string of the molecule is COC(=O)c1cc(N)cc(Cl)c1N(C)C. The number of carbonyl (C=O) groups is 1. The average molecular weight is 229 g/mol. The van der Waals surface area contributed by atoms with Crippen LogP contribution >= 0.6 is 11.6 Å². The third-order valence-corrected chi connectivity index (χ3v) is 2.23. The minimum Gasteiger partial charge on any atom is -0.465 e. The number of nitrogens with two attached hydrogens (primary N) is 1. The summed E-state index contributed by atoms with van der Waals surface area (Å²) in [7, 11) is 4.91. The van der Waals surface area contributed by atoms with E-state index < -0.39 is 5.97 Å². The number of nitrogen functional groups attached to an aromatic ring is 1. The normalized spacial score (nSPS) is 9.87. The van der Waals surface area contributed by atoms with Gasteiger partial charge in [-0.3, -0.25) is 0 Å². The van der Waals surface area contributed by atoms with Crippen LogP contribution in [0, 0.1) is 0 Å². The van der Waals surface area contributed by atoms with Gasteiger partial charge in [0, 0.05) is 19.8 Å². The van der Waals surface area contributed by atoms with E-state index in [2.05, 4.69) is 4.74 Å². The summed E-state index contributed by atoms with van der Waals surface area (Å²) in [6, 6.07) is 3.15. The summed E-state index contributed by atoms with van der Waals surface area (Å²) in [5.74, 6) is -0.451. The third kappa shape index (κ3) is 2.33. The summed E-state index contributed by atoms with van der Waals surface area (Å²) >= 11 is 6.00. The lowest BCUT2D eigenvalue weighted by atomic mass is 10.1. The summed E-state index contributed by atoms with van der Waals surface area (Å²) in [6.07, 6.45) is 0. The molecule has 1 aromatic rings. The van der Waals surface area contributed by atoms with Crippen molar-refractivity contribution < 1.29 is 9.53 Å². The van der Waals surface area contributed by atoms with Crippen LogP contribution in [0.3, 0.4) is 0 Å². The lowest BCUT2D eigenvalue weighted by molar-refractivity contribution is 0.0601. The predicted octanol–water partition coefficient (Wildman–Crippen LogP) is 1.77. The van der Waals surface area contributed by atoms with Gasteiger partial charge in [0.05, 0.1) is 23.4 Å². The van der Waals surface area contributed by atoms with Crippen molar-refractivity contribution in [3.8, 4) is 0 Å². The Morgan fingerprint density at radius 1 is 1.47 bits per heavy atom. The van der Waals surface area contributed by atoms with Crippen molar-refractivity contribution in [1.82, 2.24) is 0 Å². The minimum atomic E-state index is -0.451. The quantitative estimate of drug-likeness (QED) is 0.619. The summed E-state index contributed by atoms with van der Waals surface area (Å²) in [4.78, 5) is 13.2. The number of halogens is 1. The van der Waals surface area contributed by atoms with Gasteiger partial charge >= 0.3 is 5.97 Å². The van der Waals surface area contributed by atoms with E-state index in [1.807, 2.05) is 0 Å². The molecule has 0 aromatic heterocycles. The minimum absolute atomic E-state index is 0.368. The molecule has 0 atom stereocenters.